The van der Waals surface area contributed by atoms with Crippen molar-refractivity contribution in [1.82, 2.24) is 10.3 Å². The van der Waals surface area contributed by atoms with E-state index in [9.17, 15) is 9.59 Å². The van der Waals surface area contributed by atoms with E-state index in [0.29, 0.717) is 24.9 Å². The van der Waals surface area contributed by atoms with Crippen LogP contribution in [0.15, 0.2) is 18.5 Å². The van der Waals surface area contributed by atoms with Crippen LogP contribution in [-0.2, 0) is 4.79 Å². The second-order valence-corrected chi connectivity index (χ2v) is 4.53. The summed E-state index contributed by atoms with van der Waals surface area (Å²) in [5.74, 6) is -0.443. The van der Waals surface area contributed by atoms with Crippen molar-refractivity contribution in [2.24, 2.45) is 5.73 Å². The van der Waals surface area contributed by atoms with Gasteiger partial charge in [0.1, 0.15) is 0 Å². The van der Waals surface area contributed by atoms with Gasteiger partial charge < -0.3 is 16.4 Å². The van der Waals surface area contributed by atoms with Gasteiger partial charge in [-0.25, -0.2) is 0 Å². The average molecular weight is 278 g/mol. The third-order valence-electron chi connectivity index (χ3n) is 2.77. The topological polar surface area (TPSA) is 97.1 Å². The smallest absolute Gasteiger partial charge is 0.253 e. The lowest BCUT2D eigenvalue weighted by Gasteiger charge is -2.11. The molecule has 1 aromatic rings. The average Bonchev–Trinajstić information content (AvgIpc) is 2.44. The van der Waals surface area contributed by atoms with Gasteiger partial charge in [-0.2, -0.15) is 0 Å². The van der Waals surface area contributed by atoms with Crippen LogP contribution in [0.4, 0.5) is 5.69 Å². The lowest BCUT2D eigenvalue weighted by molar-refractivity contribution is -0.118. The molecule has 1 aromatic heterocycles. The number of carbonyl (C=O) groups excluding carboxylic acids is 2. The Morgan fingerprint density at radius 3 is 2.80 bits per heavy atom. The van der Waals surface area contributed by atoms with E-state index in [-0.39, 0.29) is 11.8 Å². The van der Waals surface area contributed by atoms with Gasteiger partial charge in [-0.05, 0) is 25.3 Å². The molecule has 6 heteroatoms. The molecule has 0 aliphatic carbocycles. The van der Waals surface area contributed by atoms with Crippen molar-refractivity contribution in [1.29, 1.82) is 0 Å². The van der Waals surface area contributed by atoms with Crippen LogP contribution in [0.25, 0.3) is 0 Å². The van der Waals surface area contributed by atoms with Crippen LogP contribution in [0.1, 0.15) is 43.0 Å². The molecular formula is C14H22N4O2. The van der Waals surface area contributed by atoms with Crippen molar-refractivity contribution in [3.8, 4) is 0 Å². The van der Waals surface area contributed by atoms with Gasteiger partial charge in [0.2, 0.25) is 5.91 Å². The van der Waals surface area contributed by atoms with Crippen molar-refractivity contribution in [3.63, 3.8) is 0 Å². The Bertz CT molecular complexity index is 449. The summed E-state index contributed by atoms with van der Waals surface area (Å²) in [6.45, 7) is 3.38. The number of anilines is 1. The van der Waals surface area contributed by atoms with E-state index in [2.05, 4.69) is 22.5 Å². The molecule has 6 nitrogen and oxygen atoms in total. The number of carbonyl (C=O) groups is 2. The van der Waals surface area contributed by atoms with Gasteiger partial charge in [0, 0.05) is 25.7 Å². The van der Waals surface area contributed by atoms with Crippen molar-refractivity contribution in [3.05, 3.63) is 24.0 Å². The molecule has 0 radical (unpaired) electrons. The molecule has 0 unspecified atom stereocenters. The number of primary amides is 1. The molecule has 0 aliphatic rings. The zero-order chi connectivity index (χ0) is 14.8. The first-order valence-corrected chi connectivity index (χ1v) is 6.89. The van der Waals surface area contributed by atoms with Crippen LogP contribution in [-0.4, -0.2) is 29.9 Å². The van der Waals surface area contributed by atoms with Crippen LogP contribution in [0.5, 0.6) is 0 Å². The van der Waals surface area contributed by atoms with Crippen molar-refractivity contribution < 1.29 is 9.59 Å². The highest BCUT2D eigenvalue weighted by Crippen LogP contribution is 2.13. The fourth-order valence-electron chi connectivity index (χ4n) is 1.71. The minimum absolute atomic E-state index is 0.134. The molecule has 1 rings (SSSR count). The minimum Gasteiger partial charge on any atom is -0.383 e. The van der Waals surface area contributed by atoms with Crippen LogP contribution < -0.4 is 16.4 Å². The van der Waals surface area contributed by atoms with E-state index < -0.39 is 0 Å². The van der Waals surface area contributed by atoms with Crippen molar-refractivity contribution in [2.75, 3.05) is 18.4 Å². The molecule has 0 spiro atoms. The van der Waals surface area contributed by atoms with Gasteiger partial charge in [-0.15, -0.1) is 0 Å². The van der Waals surface area contributed by atoms with E-state index in [1.807, 2.05) is 0 Å². The molecule has 4 N–H and O–H groups in total. The number of nitrogens with two attached hydrogens (primary N) is 1. The summed E-state index contributed by atoms with van der Waals surface area (Å²) in [5, 5.41) is 6.01. The van der Waals surface area contributed by atoms with E-state index in [1.165, 1.54) is 0 Å². The summed E-state index contributed by atoms with van der Waals surface area (Å²) in [5.41, 5.74) is 6.38. The number of amides is 2. The largest absolute Gasteiger partial charge is 0.383 e. The molecule has 20 heavy (non-hydrogen) atoms. The van der Waals surface area contributed by atoms with E-state index in [1.54, 1.807) is 18.5 Å². The molecule has 1 heterocycles. The summed E-state index contributed by atoms with van der Waals surface area (Å²) in [7, 11) is 0. The molecule has 0 atom stereocenters. The van der Waals surface area contributed by atoms with Gasteiger partial charge in [0.15, 0.2) is 0 Å². The maximum atomic E-state index is 12.1. The molecule has 0 bridgehead atoms. The van der Waals surface area contributed by atoms with Crippen LogP contribution in [0.2, 0.25) is 0 Å². The second kappa shape index (κ2) is 8.90. The van der Waals surface area contributed by atoms with Gasteiger partial charge in [-0.3, -0.25) is 14.6 Å². The lowest BCUT2D eigenvalue weighted by Crippen LogP contribution is -2.26. The summed E-state index contributed by atoms with van der Waals surface area (Å²) >= 11 is 0. The first-order valence-electron chi connectivity index (χ1n) is 6.89. The highest BCUT2D eigenvalue weighted by molar-refractivity contribution is 5.99. The van der Waals surface area contributed by atoms with Crippen LogP contribution >= 0.6 is 0 Å². The number of aromatic nitrogens is 1. The zero-order valence-corrected chi connectivity index (χ0v) is 11.8. The predicted octanol–water partition coefficient (Wildman–Crippen LogP) is 1.29. The monoisotopic (exact) mass is 278 g/mol. The molecular weight excluding hydrogens is 256 g/mol. The first kappa shape index (κ1) is 15.9. The van der Waals surface area contributed by atoms with E-state index in [0.717, 1.165) is 25.1 Å². The highest BCUT2D eigenvalue weighted by atomic mass is 16.2. The van der Waals surface area contributed by atoms with E-state index in [4.69, 9.17) is 5.73 Å². The molecule has 0 fully saturated rings. The molecule has 0 aliphatic heterocycles. The van der Waals surface area contributed by atoms with Gasteiger partial charge in [-0.1, -0.05) is 6.92 Å². The number of hydrogen-bond acceptors (Lipinski definition) is 4. The number of unbranched alkanes of at least 4 members (excludes halogenated alkanes) is 1. The Hall–Kier alpha value is -2.11. The van der Waals surface area contributed by atoms with Crippen LogP contribution in [0.3, 0.4) is 0 Å². The summed E-state index contributed by atoms with van der Waals surface area (Å²) in [6.07, 6.45) is 6.00. The van der Waals surface area contributed by atoms with Crippen LogP contribution in [0, 0.1) is 0 Å². The number of rotatable bonds is 9. The quantitative estimate of drug-likeness (QED) is 0.593. The Kier molecular flexibility index (Phi) is 7.10. The molecule has 0 saturated carbocycles. The van der Waals surface area contributed by atoms with Gasteiger partial charge in [0.25, 0.3) is 5.91 Å². The third kappa shape index (κ3) is 5.69. The summed E-state index contributed by atoms with van der Waals surface area (Å²) < 4.78 is 0. The summed E-state index contributed by atoms with van der Waals surface area (Å²) in [6, 6.07) is 1.69. The third-order valence-corrected chi connectivity index (χ3v) is 2.77. The fourth-order valence-corrected chi connectivity index (χ4v) is 1.71. The Balaban J connectivity index is 2.44. The number of pyridine rings is 1. The van der Waals surface area contributed by atoms with Gasteiger partial charge in [0.05, 0.1) is 17.4 Å². The van der Waals surface area contributed by atoms with Gasteiger partial charge >= 0.3 is 0 Å². The molecule has 110 valence electrons. The minimum atomic E-state index is -0.309. The normalized spacial score (nSPS) is 10.1. The number of hydrogen-bond donors (Lipinski definition) is 3. The Morgan fingerprint density at radius 2 is 2.10 bits per heavy atom. The van der Waals surface area contributed by atoms with Crippen molar-refractivity contribution >= 4 is 17.5 Å². The Morgan fingerprint density at radius 1 is 1.30 bits per heavy atom. The Labute approximate surface area is 119 Å². The predicted molar refractivity (Wildman–Crippen MR) is 78.4 cm³/mol. The molecule has 0 aromatic carbocycles. The standard InChI is InChI=1S/C14H22N4O2/c1-2-7-17-12-10-16-9-6-11(12)14(20)18-8-4-3-5-13(15)19/h6,9-10,17H,2-5,7-8H2,1H3,(H2,15,19)(H,18,20). The number of nitrogens with zero attached hydrogens (tertiary/aromatic N) is 1. The molecule has 0 saturated heterocycles. The molecule has 2 amide bonds. The lowest BCUT2D eigenvalue weighted by atomic mass is 10.2. The maximum absolute atomic E-state index is 12.1. The maximum Gasteiger partial charge on any atom is 0.253 e. The first-order chi connectivity index (χ1) is 9.65. The van der Waals surface area contributed by atoms with Crippen molar-refractivity contribution in [2.45, 2.75) is 32.6 Å². The second-order valence-electron chi connectivity index (χ2n) is 4.53. The van der Waals surface area contributed by atoms with E-state index >= 15 is 0 Å². The highest BCUT2D eigenvalue weighted by Gasteiger charge is 2.10. The zero-order valence-electron chi connectivity index (χ0n) is 11.8. The fraction of sp³-hybridized carbons (Fsp3) is 0.500. The summed E-state index contributed by atoms with van der Waals surface area (Å²) in [4.78, 5) is 26.7. The number of nitrogens with one attached hydrogen (secondary N) is 2. The SMILES string of the molecule is CCCNc1cnccc1C(=O)NCCCCC(N)=O.